The second-order valence-corrected chi connectivity index (χ2v) is 5.84. The van der Waals surface area contributed by atoms with Crippen LogP contribution in [0.5, 0.6) is 0 Å². The Morgan fingerprint density at radius 1 is 1.24 bits per heavy atom. The molecule has 0 saturated heterocycles. The quantitative estimate of drug-likeness (QED) is 0.789. The summed E-state index contributed by atoms with van der Waals surface area (Å²) in [6.07, 6.45) is 1.08. The van der Waals surface area contributed by atoms with Gasteiger partial charge in [0, 0.05) is 16.1 Å². The van der Waals surface area contributed by atoms with Crippen molar-refractivity contribution >= 4 is 23.2 Å². The molecule has 0 aromatic heterocycles. The van der Waals surface area contributed by atoms with E-state index in [0.717, 1.165) is 28.6 Å². The first-order valence-electron chi connectivity index (χ1n) is 6.10. The molecule has 0 saturated carbocycles. The van der Waals surface area contributed by atoms with Crippen LogP contribution in [0.1, 0.15) is 45.7 Å². The van der Waals surface area contributed by atoms with Crippen molar-refractivity contribution in [2.45, 2.75) is 40.2 Å². The van der Waals surface area contributed by atoms with Crippen LogP contribution in [0, 0.1) is 5.41 Å². The van der Waals surface area contributed by atoms with E-state index in [1.807, 2.05) is 18.2 Å². The molecule has 1 rings (SSSR count). The molecule has 0 heterocycles. The Hall–Kier alpha value is -0.240. The van der Waals surface area contributed by atoms with Gasteiger partial charge in [0.1, 0.15) is 0 Å². The summed E-state index contributed by atoms with van der Waals surface area (Å²) in [6, 6.07) is 5.89. The predicted octanol–water partition coefficient (Wildman–Crippen LogP) is 5.08. The number of halogens is 2. The van der Waals surface area contributed by atoms with Gasteiger partial charge in [-0.05, 0) is 42.1 Å². The molecule has 0 radical (unpaired) electrons. The molecule has 3 heteroatoms. The van der Waals surface area contributed by atoms with Crippen molar-refractivity contribution < 1.29 is 0 Å². The summed E-state index contributed by atoms with van der Waals surface area (Å²) in [7, 11) is 0. The van der Waals surface area contributed by atoms with Crippen LogP contribution in [0.2, 0.25) is 10.0 Å². The van der Waals surface area contributed by atoms with Gasteiger partial charge in [-0.2, -0.15) is 0 Å². The molecule has 0 fully saturated rings. The topological polar surface area (TPSA) is 12.0 Å². The fourth-order valence-electron chi connectivity index (χ4n) is 1.95. The Bertz CT molecular complexity index is 374. The molecule has 1 atom stereocenters. The zero-order valence-electron chi connectivity index (χ0n) is 11.0. The fraction of sp³-hybridized carbons (Fsp3) is 0.571. The van der Waals surface area contributed by atoms with Gasteiger partial charge in [0.15, 0.2) is 0 Å². The molecule has 17 heavy (non-hydrogen) atoms. The van der Waals surface area contributed by atoms with E-state index in [1.165, 1.54) is 0 Å². The van der Waals surface area contributed by atoms with Crippen LogP contribution in [0.25, 0.3) is 0 Å². The molecule has 0 aliphatic rings. The van der Waals surface area contributed by atoms with Gasteiger partial charge in [-0.15, -0.1) is 0 Å². The highest BCUT2D eigenvalue weighted by Gasteiger charge is 2.29. The molecule has 96 valence electrons. The minimum atomic E-state index is 0.143. The maximum atomic E-state index is 6.29. The van der Waals surface area contributed by atoms with Crippen molar-refractivity contribution in [2.24, 2.45) is 5.41 Å². The lowest BCUT2D eigenvalue weighted by Crippen LogP contribution is -2.34. The number of benzene rings is 1. The van der Waals surface area contributed by atoms with Crippen LogP contribution in [0.15, 0.2) is 18.2 Å². The van der Waals surface area contributed by atoms with E-state index in [4.69, 9.17) is 23.2 Å². The summed E-state index contributed by atoms with van der Waals surface area (Å²) in [6.45, 7) is 9.71. The summed E-state index contributed by atoms with van der Waals surface area (Å²) in [5.41, 5.74) is 1.23. The van der Waals surface area contributed by atoms with Gasteiger partial charge in [-0.3, -0.25) is 0 Å². The number of hydrogen-bond donors (Lipinski definition) is 1. The summed E-state index contributed by atoms with van der Waals surface area (Å²) in [5, 5.41) is 5.03. The first kappa shape index (κ1) is 14.8. The van der Waals surface area contributed by atoms with E-state index in [1.54, 1.807) is 0 Å². The van der Waals surface area contributed by atoms with E-state index in [-0.39, 0.29) is 11.5 Å². The first-order chi connectivity index (χ1) is 7.92. The summed E-state index contributed by atoms with van der Waals surface area (Å²) >= 11 is 12.4. The van der Waals surface area contributed by atoms with Gasteiger partial charge in [-0.25, -0.2) is 0 Å². The Morgan fingerprint density at radius 2 is 1.88 bits per heavy atom. The van der Waals surface area contributed by atoms with Crippen molar-refractivity contribution in [3.63, 3.8) is 0 Å². The van der Waals surface area contributed by atoms with Crippen LogP contribution < -0.4 is 5.32 Å². The van der Waals surface area contributed by atoms with E-state index in [0.29, 0.717) is 0 Å². The van der Waals surface area contributed by atoms with E-state index in [9.17, 15) is 0 Å². The third-order valence-corrected chi connectivity index (χ3v) is 3.95. The van der Waals surface area contributed by atoms with Gasteiger partial charge >= 0.3 is 0 Å². The van der Waals surface area contributed by atoms with Crippen LogP contribution in [0.4, 0.5) is 0 Å². The van der Waals surface area contributed by atoms with Gasteiger partial charge in [-0.1, -0.05) is 50.9 Å². The van der Waals surface area contributed by atoms with Gasteiger partial charge in [0.25, 0.3) is 0 Å². The third-order valence-electron chi connectivity index (χ3n) is 3.37. The minimum Gasteiger partial charge on any atom is -0.310 e. The molecule has 0 aliphatic heterocycles. The van der Waals surface area contributed by atoms with E-state index >= 15 is 0 Å². The molecule has 1 aromatic rings. The standard InChI is InChI=1S/C14H21Cl2N/c1-5-14(3,4)13(17-6-2)11-9-10(15)7-8-12(11)16/h7-9,13,17H,5-6H2,1-4H3. The van der Waals surface area contributed by atoms with Gasteiger partial charge in [0.05, 0.1) is 0 Å². The predicted molar refractivity (Wildman–Crippen MR) is 77.0 cm³/mol. The van der Waals surface area contributed by atoms with Crippen LogP contribution in [-0.4, -0.2) is 6.54 Å². The van der Waals surface area contributed by atoms with Crippen LogP contribution in [0.3, 0.4) is 0 Å². The lowest BCUT2D eigenvalue weighted by atomic mass is 9.78. The molecular weight excluding hydrogens is 253 g/mol. The molecule has 1 nitrogen and oxygen atoms in total. The molecule has 1 aromatic carbocycles. The molecular formula is C14H21Cl2N. The average molecular weight is 274 g/mol. The average Bonchev–Trinajstić information content (AvgIpc) is 2.29. The second-order valence-electron chi connectivity index (χ2n) is 5.00. The number of hydrogen-bond acceptors (Lipinski definition) is 1. The molecule has 1 N–H and O–H groups in total. The lowest BCUT2D eigenvalue weighted by molar-refractivity contribution is 0.237. The number of rotatable bonds is 5. The minimum absolute atomic E-state index is 0.143. The summed E-state index contributed by atoms with van der Waals surface area (Å²) in [5.74, 6) is 0. The Labute approximate surface area is 115 Å². The molecule has 0 amide bonds. The Balaban J connectivity index is 3.17. The van der Waals surface area contributed by atoms with Gasteiger partial charge < -0.3 is 5.32 Å². The SMILES string of the molecule is CCNC(c1cc(Cl)ccc1Cl)C(C)(C)CC. The van der Waals surface area contributed by atoms with E-state index < -0.39 is 0 Å². The highest BCUT2D eigenvalue weighted by Crippen LogP contribution is 2.39. The first-order valence-corrected chi connectivity index (χ1v) is 6.86. The summed E-state index contributed by atoms with van der Waals surface area (Å²) < 4.78 is 0. The van der Waals surface area contributed by atoms with Crippen molar-refractivity contribution in [3.05, 3.63) is 33.8 Å². The maximum absolute atomic E-state index is 6.29. The molecule has 0 aliphatic carbocycles. The largest absolute Gasteiger partial charge is 0.310 e. The Morgan fingerprint density at radius 3 is 2.41 bits per heavy atom. The van der Waals surface area contributed by atoms with Crippen molar-refractivity contribution in [2.75, 3.05) is 6.54 Å². The van der Waals surface area contributed by atoms with E-state index in [2.05, 4.69) is 33.0 Å². The van der Waals surface area contributed by atoms with Crippen molar-refractivity contribution in [3.8, 4) is 0 Å². The highest BCUT2D eigenvalue weighted by atomic mass is 35.5. The lowest BCUT2D eigenvalue weighted by Gasteiger charge is -2.35. The Kier molecular flexibility index (Phi) is 5.30. The van der Waals surface area contributed by atoms with Crippen molar-refractivity contribution in [1.29, 1.82) is 0 Å². The second kappa shape index (κ2) is 6.08. The molecule has 1 unspecified atom stereocenters. The molecule has 0 spiro atoms. The monoisotopic (exact) mass is 273 g/mol. The molecule has 0 bridgehead atoms. The zero-order valence-corrected chi connectivity index (χ0v) is 12.5. The third kappa shape index (κ3) is 3.61. The highest BCUT2D eigenvalue weighted by molar-refractivity contribution is 6.33. The van der Waals surface area contributed by atoms with Gasteiger partial charge in [0.2, 0.25) is 0 Å². The fourth-order valence-corrected chi connectivity index (χ4v) is 2.36. The normalized spacial score (nSPS) is 13.8. The zero-order chi connectivity index (χ0) is 13.1. The smallest absolute Gasteiger partial charge is 0.0455 e. The van der Waals surface area contributed by atoms with Crippen LogP contribution in [-0.2, 0) is 0 Å². The van der Waals surface area contributed by atoms with Crippen molar-refractivity contribution in [1.82, 2.24) is 5.32 Å². The summed E-state index contributed by atoms with van der Waals surface area (Å²) in [4.78, 5) is 0. The number of nitrogens with one attached hydrogen (secondary N) is 1. The van der Waals surface area contributed by atoms with Crippen LogP contribution >= 0.6 is 23.2 Å². The maximum Gasteiger partial charge on any atom is 0.0455 e.